The lowest BCUT2D eigenvalue weighted by Crippen LogP contribution is -2.01. The molecule has 0 fully saturated rings. The molecule has 1 aromatic heterocycles. The van der Waals surface area contributed by atoms with E-state index >= 15 is 0 Å². The summed E-state index contributed by atoms with van der Waals surface area (Å²) in [5, 5.41) is 8.94. The highest BCUT2D eigenvalue weighted by Crippen LogP contribution is 2.19. The van der Waals surface area contributed by atoms with Crippen LogP contribution in [0.25, 0.3) is 0 Å². The van der Waals surface area contributed by atoms with Gasteiger partial charge in [0.05, 0.1) is 10.6 Å². The zero-order valence-electron chi connectivity index (χ0n) is 7.41. The summed E-state index contributed by atoms with van der Waals surface area (Å²) >= 11 is 5.65. The highest BCUT2D eigenvalue weighted by molar-refractivity contribution is 6.33. The molecule has 0 atom stereocenters. The summed E-state index contributed by atoms with van der Waals surface area (Å²) in [4.78, 5) is 14.7. The number of rotatable bonds is 2. The van der Waals surface area contributed by atoms with Gasteiger partial charge in [-0.3, -0.25) is 4.98 Å². The molecule has 1 rings (SSSR count). The summed E-state index contributed by atoms with van der Waals surface area (Å²) in [7, 11) is 0. The second kappa shape index (κ2) is 3.75. The lowest BCUT2D eigenvalue weighted by Gasteiger charge is -2.05. The van der Waals surface area contributed by atoms with Gasteiger partial charge in [-0.1, -0.05) is 25.4 Å². The molecule has 4 heteroatoms. The van der Waals surface area contributed by atoms with E-state index in [-0.39, 0.29) is 16.5 Å². The summed E-state index contributed by atoms with van der Waals surface area (Å²) < 4.78 is 0. The molecule has 0 bridgehead atoms. The normalized spacial score (nSPS) is 10.5. The van der Waals surface area contributed by atoms with E-state index in [0.29, 0.717) is 0 Å². The molecule has 3 nitrogen and oxygen atoms in total. The molecule has 1 aromatic rings. The largest absolute Gasteiger partial charge is 0.478 e. The second-order valence-corrected chi connectivity index (χ2v) is 3.46. The molecule has 0 spiro atoms. The van der Waals surface area contributed by atoms with Gasteiger partial charge in [0.25, 0.3) is 0 Å². The van der Waals surface area contributed by atoms with E-state index in [1.54, 1.807) is 0 Å². The van der Waals surface area contributed by atoms with Gasteiger partial charge in [0.15, 0.2) is 0 Å². The summed E-state index contributed by atoms with van der Waals surface area (Å²) in [6.07, 6.45) is 1.38. The monoisotopic (exact) mass is 199 g/mol. The van der Waals surface area contributed by atoms with Gasteiger partial charge in [-0.05, 0) is 12.0 Å². The van der Waals surface area contributed by atoms with Crippen LogP contribution in [-0.2, 0) is 0 Å². The number of halogens is 1. The van der Waals surface area contributed by atoms with Crippen molar-refractivity contribution in [3.8, 4) is 0 Å². The zero-order valence-corrected chi connectivity index (χ0v) is 8.17. The molecular weight excluding hydrogens is 190 g/mol. The molecule has 0 aliphatic carbocycles. The van der Waals surface area contributed by atoms with Gasteiger partial charge in [0.1, 0.15) is 0 Å². The maximum atomic E-state index is 10.7. The summed E-state index contributed by atoms with van der Waals surface area (Å²) in [5.41, 5.74) is 0.849. The molecule has 0 amide bonds. The fourth-order valence-electron chi connectivity index (χ4n) is 0.934. The van der Waals surface area contributed by atoms with Crippen LogP contribution >= 0.6 is 11.6 Å². The van der Waals surface area contributed by atoms with Crippen molar-refractivity contribution in [1.82, 2.24) is 4.98 Å². The van der Waals surface area contributed by atoms with Crippen molar-refractivity contribution in [2.75, 3.05) is 0 Å². The predicted octanol–water partition coefficient (Wildman–Crippen LogP) is 2.56. The fraction of sp³-hybridized carbons (Fsp3) is 0.333. The number of aromatic carboxylic acids is 1. The van der Waals surface area contributed by atoms with E-state index in [2.05, 4.69) is 4.98 Å². The first-order valence-electron chi connectivity index (χ1n) is 3.91. The van der Waals surface area contributed by atoms with E-state index in [4.69, 9.17) is 16.7 Å². The molecule has 0 unspecified atom stereocenters. The van der Waals surface area contributed by atoms with E-state index in [0.717, 1.165) is 5.69 Å². The molecule has 1 N–H and O–H groups in total. The molecule has 0 saturated carbocycles. The highest BCUT2D eigenvalue weighted by atomic mass is 35.5. The first-order valence-corrected chi connectivity index (χ1v) is 4.29. The average Bonchev–Trinajstić information content (AvgIpc) is 2.04. The second-order valence-electron chi connectivity index (χ2n) is 3.05. The van der Waals surface area contributed by atoms with E-state index in [1.807, 2.05) is 13.8 Å². The van der Waals surface area contributed by atoms with Crippen LogP contribution in [0, 0.1) is 0 Å². The zero-order chi connectivity index (χ0) is 10.0. The predicted molar refractivity (Wildman–Crippen MR) is 50.3 cm³/mol. The van der Waals surface area contributed by atoms with Crippen LogP contribution in [0.15, 0.2) is 12.3 Å². The van der Waals surface area contributed by atoms with Crippen LogP contribution in [0.1, 0.15) is 35.8 Å². The van der Waals surface area contributed by atoms with Gasteiger partial charge < -0.3 is 5.11 Å². The Kier molecular flexibility index (Phi) is 2.88. The van der Waals surface area contributed by atoms with Crippen molar-refractivity contribution in [1.29, 1.82) is 0 Å². The van der Waals surface area contributed by atoms with Gasteiger partial charge in [-0.2, -0.15) is 0 Å². The third-order valence-electron chi connectivity index (χ3n) is 1.70. The molecule has 0 saturated heterocycles. The summed E-state index contributed by atoms with van der Waals surface area (Å²) in [6, 6.07) is 1.51. The Morgan fingerprint density at radius 1 is 1.62 bits per heavy atom. The Balaban J connectivity index is 3.19. The van der Waals surface area contributed by atoms with Crippen molar-refractivity contribution >= 4 is 17.6 Å². The maximum Gasteiger partial charge on any atom is 0.337 e. The lowest BCUT2D eigenvalue weighted by molar-refractivity contribution is 0.0697. The fourth-order valence-corrected chi connectivity index (χ4v) is 1.12. The van der Waals surface area contributed by atoms with Crippen molar-refractivity contribution in [2.45, 2.75) is 19.8 Å². The van der Waals surface area contributed by atoms with Crippen LogP contribution < -0.4 is 0 Å². The molecule has 70 valence electrons. The number of carbonyl (C=O) groups is 1. The lowest BCUT2D eigenvalue weighted by atomic mass is 10.1. The number of hydrogen-bond donors (Lipinski definition) is 1. The Bertz CT molecular complexity index is 336. The SMILES string of the molecule is CC(C)c1cc(C(=O)O)c(Cl)cn1. The molecular formula is C9H10ClNO2. The molecule has 0 aliphatic heterocycles. The number of carboxylic acids is 1. The van der Waals surface area contributed by atoms with Crippen LogP contribution in [0.3, 0.4) is 0 Å². The minimum atomic E-state index is -1.02. The standard InChI is InChI=1S/C9H10ClNO2/c1-5(2)8-3-6(9(12)13)7(10)4-11-8/h3-5H,1-2H3,(H,12,13). The Morgan fingerprint density at radius 2 is 2.23 bits per heavy atom. The quantitative estimate of drug-likeness (QED) is 0.797. The van der Waals surface area contributed by atoms with Crippen molar-refractivity contribution in [2.24, 2.45) is 0 Å². The van der Waals surface area contributed by atoms with Crippen LogP contribution in [0.4, 0.5) is 0 Å². The minimum Gasteiger partial charge on any atom is -0.478 e. The minimum absolute atomic E-state index is 0.111. The third kappa shape index (κ3) is 2.18. The number of hydrogen-bond acceptors (Lipinski definition) is 2. The molecule has 0 aromatic carbocycles. The summed E-state index contributed by atoms with van der Waals surface area (Å²) in [5.74, 6) is -0.815. The van der Waals surface area contributed by atoms with Gasteiger partial charge in [-0.25, -0.2) is 4.79 Å². The Morgan fingerprint density at radius 3 is 2.69 bits per heavy atom. The van der Waals surface area contributed by atoms with Gasteiger partial charge >= 0.3 is 5.97 Å². The number of nitrogens with zero attached hydrogens (tertiary/aromatic N) is 1. The first kappa shape index (κ1) is 9.99. The maximum absolute atomic E-state index is 10.7. The van der Waals surface area contributed by atoms with Crippen molar-refractivity contribution in [3.05, 3.63) is 28.5 Å². The first-order chi connectivity index (χ1) is 6.02. The third-order valence-corrected chi connectivity index (χ3v) is 2.00. The van der Waals surface area contributed by atoms with Crippen LogP contribution in [0.5, 0.6) is 0 Å². The van der Waals surface area contributed by atoms with Crippen molar-refractivity contribution < 1.29 is 9.90 Å². The van der Waals surface area contributed by atoms with E-state index < -0.39 is 5.97 Å². The number of aromatic nitrogens is 1. The van der Waals surface area contributed by atoms with Crippen LogP contribution in [-0.4, -0.2) is 16.1 Å². The number of carboxylic acid groups (broad SMARTS) is 1. The smallest absolute Gasteiger partial charge is 0.337 e. The van der Waals surface area contributed by atoms with Gasteiger partial charge in [0.2, 0.25) is 0 Å². The van der Waals surface area contributed by atoms with Gasteiger partial charge in [-0.15, -0.1) is 0 Å². The van der Waals surface area contributed by atoms with Crippen molar-refractivity contribution in [3.63, 3.8) is 0 Å². The Labute approximate surface area is 81.4 Å². The van der Waals surface area contributed by atoms with E-state index in [9.17, 15) is 4.79 Å². The average molecular weight is 200 g/mol. The molecule has 0 radical (unpaired) electrons. The molecule has 1 heterocycles. The van der Waals surface area contributed by atoms with Crippen LogP contribution in [0.2, 0.25) is 5.02 Å². The topological polar surface area (TPSA) is 50.2 Å². The molecule has 0 aliphatic rings. The number of pyridine rings is 1. The van der Waals surface area contributed by atoms with Gasteiger partial charge in [0, 0.05) is 11.9 Å². The Hall–Kier alpha value is -1.09. The molecule has 13 heavy (non-hydrogen) atoms. The van der Waals surface area contributed by atoms with E-state index in [1.165, 1.54) is 12.3 Å². The highest BCUT2D eigenvalue weighted by Gasteiger charge is 2.11. The summed E-state index contributed by atoms with van der Waals surface area (Å²) in [6.45, 7) is 3.89.